The molecule has 0 saturated heterocycles. The van der Waals surface area contributed by atoms with E-state index in [9.17, 15) is 4.39 Å². The Morgan fingerprint density at radius 2 is 2.06 bits per heavy atom. The summed E-state index contributed by atoms with van der Waals surface area (Å²) in [5.41, 5.74) is 8.45. The number of hydrogen-bond acceptors (Lipinski definition) is 2. The van der Waals surface area contributed by atoms with Crippen LogP contribution < -0.4 is 5.73 Å². The first-order valence-electron chi connectivity index (χ1n) is 5.60. The summed E-state index contributed by atoms with van der Waals surface area (Å²) >= 11 is 0. The lowest BCUT2D eigenvalue weighted by Gasteiger charge is -2.07. The largest absolute Gasteiger partial charge is 0.384 e. The molecule has 2 rings (SSSR count). The van der Waals surface area contributed by atoms with Gasteiger partial charge in [-0.15, -0.1) is 0 Å². The molecule has 2 aromatic rings. The van der Waals surface area contributed by atoms with Gasteiger partial charge in [-0.2, -0.15) is 5.10 Å². The van der Waals surface area contributed by atoms with Gasteiger partial charge in [0.2, 0.25) is 0 Å². The summed E-state index contributed by atoms with van der Waals surface area (Å²) in [5.74, 6) is -0.525. The van der Waals surface area contributed by atoms with Crippen molar-refractivity contribution in [2.24, 2.45) is 5.73 Å². The van der Waals surface area contributed by atoms with E-state index in [-0.39, 0.29) is 11.7 Å². The Labute approximate surface area is 105 Å². The number of hydrogen-bond donors (Lipinski definition) is 2. The molecular weight excluding hydrogens is 231 g/mol. The maximum atomic E-state index is 13.4. The van der Waals surface area contributed by atoms with Gasteiger partial charge in [0.15, 0.2) is 0 Å². The summed E-state index contributed by atoms with van der Waals surface area (Å²) in [6, 6.07) is 6.36. The average molecular weight is 246 g/mol. The molecule has 0 unspecified atom stereocenters. The first-order valence-corrected chi connectivity index (χ1v) is 5.60. The zero-order chi connectivity index (χ0) is 13.3. The van der Waals surface area contributed by atoms with Gasteiger partial charge in [-0.1, -0.05) is 0 Å². The van der Waals surface area contributed by atoms with Crippen LogP contribution in [0.5, 0.6) is 0 Å². The summed E-state index contributed by atoms with van der Waals surface area (Å²) < 4.78 is 15.2. The van der Waals surface area contributed by atoms with Crippen LogP contribution in [0.25, 0.3) is 0 Å². The molecule has 1 aromatic carbocycles. The van der Waals surface area contributed by atoms with Crippen molar-refractivity contribution in [1.82, 2.24) is 9.78 Å². The Bertz CT molecular complexity index is 601. The molecule has 0 aliphatic rings. The molecule has 1 heterocycles. The molecule has 0 radical (unpaired) electrons. The van der Waals surface area contributed by atoms with E-state index in [4.69, 9.17) is 11.1 Å². The molecule has 3 N–H and O–H groups in total. The highest BCUT2D eigenvalue weighted by molar-refractivity contribution is 5.95. The van der Waals surface area contributed by atoms with Gasteiger partial charge in [-0.3, -0.25) is 10.1 Å². The van der Waals surface area contributed by atoms with E-state index in [0.29, 0.717) is 12.1 Å². The minimum absolute atomic E-state index is 0.135. The molecule has 4 nitrogen and oxygen atoms in total. The minimum atomic E-state index is -0.390. The second kappa shape index (κ2) is 4.60. The molecule has 0 bridgehead atoms. The first kappa shape index (κ1) is 12.3. The number of aryl methyl sites for hydroxylation is 2. The number of nitrogens with two attached hydrogens (primary N) is 1. The summed E-state index contributed by atoms with van der Waals surface area (Å²) in [4.78, 5) is 0. The summed E-state index contributed by atoms with van der Waals surface area (Å²) in [5, 5.41) is 11.7. The van der Waals surface area contributed by atoms with Gasteiger partial charge < -0.3 is 5.73 Å². The third kappa shape index (κ3) is 2.56. The second-order valence-electron chi connectivity index (χ2n) is 4.35. The second-order valence-corrected chi connectivity index (χ2v) is 4.35. The third-order valence-corrected chi connectivity index (χ3v) is 2.70. The first-order chi connectivity index (χ1) is 8.45. The van der Waals surface area contributed by atoms with Gasteiger partial charge in [0.1, 0.15) is 11.7 Å². The van der Waals surface area contributed by atoms with Crippen molar-refractivity contribution >= 4 is 5.84 Å². The lowest BCUT2D eigenvalue weighted by molar-refractivity contribution is 0.615. The van der Waals surface area contributed by atoms with Crippen molar-refractivity contribution in [1.29, 1.82) is 5.41 Å². The van der Waals surface area contributed by atoms with Gasteiger partial charge >= 0.3 is 0 Å². The fourth-order valence-corrected chi connectivity index (χ4v) is 1.91. The van der Waals surface area contributed by atoms with Gasteiger partial charge in [0.25, 0.3) is 0 Å². The number of halogens is 1. The van der Waals surface area contributed by atoms with Gasteiger partial charge in [-0.25, -0.2) is 4.39 Å². The van der Waals surface area contributed by atoms with Crippen molar-refractivity contribution in [3.8, 4) is 0 Å². The van der Waals surface area contributed by atoms with Crippen molar-refractivity contribution in [2.75, 3.05) is 0 Å². The highest BCUT2D eigenvalue weighted by Gasteiger charge is 2.06. The van der Waals surface area contributed by atoms with Crippen LogP contribution in [0, 0.1) is 25.1 Å². The van der Waals surface area contributed by atoms with Crippen molar-refractivity contribution in [2.45, 2.75) is 20.4 Å². The third-order valence-electron chi connectivity index (χ3n) is 2.70. The van der Waals surface area contributed by atoms with E-state index in [1.165, 1.54) is 12.1 Å². The SMILES string of the molecule is Cc1cc(C)n(Cc2cc(F)cc(C(=N)N)c2)n1. The molecule has 0 spiro atoms. The van der Waals surface area contributed by atoms with E-state index in [0.717, 1.165) is 17.0 Å². The maximum Gasteiger partial charge on any atom is 0.124 e. The topological polar surface area (TPSA) is 67.7 Å². The number of amidine groups is 1. The standard InChI is InChI=1S/C13H15FN4/c1-8-3-9(2)18(17-8)7-10-4-11(13(15)16)6-12(14)5-10/h3-6H,7H2,1-2H3,(H3,15,16). The lowest BCUT2D eigenvalue weighted by atomic mass is 10.1. The molecule has 0 fully saturated rings. The molecule has 0 atom stereocenters. The molecule has 5 heteroatoms. The van der Waals surface area contributed by atoms with E-state index >= 15 is 0 Å². The Morgan fingerprint density at radius 3 is 2.61 bits per heavy atom. The molecule has 0 aliphatic carbocycles. The minimum Gasteiger partial charge on any atom is -0.384 e. The molecule has 0 amide bonds. The Hall–Kier alpha value is -2.17. The lowest BCUT2D eigenvalue weighted by Crippen LogP contribution is -2.13. The Morgan fingerprint density at radius 1 is 1.33 bits per heavy atom. The zero-order valence-corrected chi connectivity index (χ0v) is 10.4. The predicted molar refractivity (Wildman–Crippen MR) is 68.2 cm³/mol. The van der Waals surface area contributed by atoms with Crippen molar-refractivity contribution in [3.63, 3.8) is 0 Å². The molecular formula is C13H15FN4. The van der Waals surface area contributed by atoms with Gasteiger partial charge in [0.05, 0.1) is 12.2 Å². The number of aromatic nitrogens is 2. The molecule has 18 heavy (non-hydrogen) atoms. The summed E-state index contributed by atoms with van der Waals surface area (Å²) in [7, 11) is 0. The number of nitrogens with zero attached hydrogens (tertiary/aromatic N) is 2. The predicted octanol–water partition coefficient (Wildman–Crippen LogP) is 1.97. The van der Waals surface area contributed by atoms with Crippen LogP contribution >= 0.6 is 0 Å². The van der Waals surface area contributed by atoms with Crippen LogP contribution in [0.15, 0.2) is 24.3 Å². The molecule has 1 aromatic heterocycles. The van der Waals surface area contributed by atoms with E-state index in [1.807, 2.05) is 19.9 Å². The fraction of sp³-hybridized carbons (Fsp3) is 0.231. The van der Waals surface area contributed by atoms with Crippen LogP contribution in [0.2, 0.25) is 0 Å². The van der Waals surface area contributed by atoms with Crippen LogP contribution in [0.4, 0.5) is 4.39 Å². The van der Waals surface area contributed by atoms with E-state index in [1.54, 1.807) is 10.7 Å². The molecule has 0 saturated carbocycles. The quantitative estimate of drug-likeness (QED) is 0.642. The number of rotatable bonds is 3. The molecule has 0 aliphatic heterocycles. The number of nitrogens with one attached hydrogen (secondary N) is 1. The Balaban J connectivity index is 2.34. The van der Waals surface area contributed by atoms with Crippen LogP contribution in [0.3, 0.4) is 0 Å². The number of benzene rings is 1. The number of nitrogen functional groups attached to an aromatic ring is 1. The van der Waals surface area contributed by atoms with Crippen LogP contribution in [-0.4, -0.2) is 15.6 Å². The van der Waals surface area contributed by atoms with Crippen LogP contribution in [0.1, 0.15) is 22.5 Å². The average Bonchev–Trinajstić information content (AvgIpc) is 2.56. The zero-order valence-electron chi connectivity index (χ0n) is 10.4. The van der Waals surface area contributed by atoms with Gasteiger partial charge in [0, 0.05) is 11.3 Å². The highest BCUT2D eigenvalue weighted by atomic mass is 19.1. The molecule has 94 valence electrons. The summed E-state index contributed by atoms with van der Waals surface area (Å²) in [6.45, 7) is 4.33. The fourth-order valence-electron chi connectivity index (χ4n) is 1.91. The van der Waals surface area contributed by atoms with Crippen LogP contribution in [-0.2, 0) is 6.54 Å². The van der Waals surface area contributed by atoms with Gasteiger partial charge in [-0.05, 0) is 43.7 Å². The highest BCUT2D eigenvalue weighted by Crippen LogP contribution is 2.12. The maximum absolute atomic E-state index is 13.4. The van der Waals surface area contributed by atoms with E-state index < -0.39 is 0 Å². The van der Waals surface area contributed by atoms with Crippen molar-refractivity contribution < 1.29 is 4.39 Å². The monoisotopic (exact) mass is 246 g/mol. The van der Waals surface area contributed by atoms with Crippen molar-refractivity contribution in [3.05, 3.63) is 52.6 Å². The normalized spacial score (nSPS) is 10.6. The Kier molecular flexibility index (Phi) is 3.14. The van der Waals surface area contributed by atoms with E-state index in [2.05, 4.69) is 5.10 Å². The smallest absolute Gasteiger partial charge is 0.124 e. The summed E-state index contributed by atoms with van der Waals surface area (Å²) in [6.07, 6.45) is 0.